The lowest BCUT2D eigenvalue weighted by Crippen LogP contribution is -2.75. The number of aliphatic carboxylic acids is 2. The van der Waals surface area contributed by atoms with Gasteiger partial charge < -0.3 is 10.2 Å². The van der Waals surface area contributed by atoms with E-state index in [1.165, 1.54) is 0 Å². The zero-order valence-corrected chi connectivity index (χ0v) is 19.5. The van der Waals surface area contributed by atoms with E-state index in [-0.39, 0.29) is 5.57 Å². The van der Waals surface area contributed by atoms with Crippen LogP contribution < -0.4 is 0 Å². The number of carbonyl (C=O) groups is 2. The first kappa shape index (κ1) is 39.4. The Bertz CT molecular complexity index is 966. The van der Waals surface area contributed by atoms with Crippen LogP contribution in [0.5, 0.6) is 0 Å². The van der Waals surface area contributed by atoms with Crippen LogP contribution in [0.15, 0.2) is 24.3 Å². The molecule has 0 rings (SSSR count). The van der Waals surface area contributed by atoms with Crippen molar-refractivity contribution in [2.75, 3.05) is 0 Å². The summed E-state index contributed by atoms with van der Waals surface area (Å²) in [4.78, 5) is 20.4. The molecule has 236 valence electrons. The van der Waals surface area contributed by atoms with Gasteiger partial charge >= 0.3 is 59.6 Å². The van der Waals surface area contributed by atoms with Crippen LogP contribution >= 0.6 is 0 Å². The third-order valence-corrected chi connectivity index (χ3v) is 5.02. The molecule has 2 N–H and O–H groups in total. The summed E-state index contributed by atoms with van der Waals surface area (Å²) in [6.07, 6.45) is -8.95. The fourth-order valence-electron chi connectivity index (χ4n) is 2.42. The van der Waals surface area contributed by atoms with Gasteiger partial charge in [0.25, 0.3) is 0 Å². The Morgan fingerprint density at radius 1 is 0.575 bits per heavy atom. The van der Waals surface area contributed by atoms with Crippen LogP contribution in [-0.2, 0) is 9.59 Å². The third kappa shape index (κ3) is 6.10. The summed E-state index contributed by atoms with van der Waals surface area (Å²) in [6, 6.07) is 0. The van der Waals surface area contributed by atoms with Crippen molar-refractivity contribution in [3.8, 4) is 0 Å². The molecule has 0 aromatic heterocycles. The van der Waals surface area contributed by atoms with E-state index in [9.17, 15) is 84.2 Å². The van der Waals surface area contributed by atoms with E-state index >= 15 is 0 Å². The molecular weight excluding hydrogens is 615 g/mol. The van der Waals surface area contributed by atoms with E-state index < -0.39 is 77.5 Å². The largest absolute Gasteiger partial charge is 0.478 e. The fraction of sp³-hybridized carbons (Fsp3) is 0.684. The number of rotatable bonds is 12. The Kier molecular flexibility index (Phi) is 11.4. The van der Waals surface area contributed by atoms with Gasteiger partial charge in [0, 0.05) is 11.1 Å². The molecule has 4 nitrogen and oxygen atoms in total. The van der Waals surface area contributed by atoms with Gasteiger partial charge in [0.15, 0.2) is 0 Å². The van der Waals surface area contributed by atoms with Crippen molar-refractivity contribution >= 4 is 11.9 Å². The van der Waals surface area contributed by atoms with Gasteiger partial charge in [-0.25, -0.2) is 9.59 Å². The van der Waals surface area contributed by atoms with Crippen molar-refractivity contribution in [3.63, 3.8) is 0 Å². The van der Waals surface area contributed by atoms with Crippen LogP contribution in [0.4, 0.5) is 74.6 Å². The Hall–Kier alpha value is -2.77. The lowest BCUT2D eigenvalue weighted by Gasteiger charge is -2.44. The Morgan fingerprint density at radius 3 is 1.07 bits per heavy atom. The van der Waals surface area contributed by atoms with Gasteiger partial charge in [-0.05, 0) is 12.8 Å². The van der Waals surface area contributed by atoms with Gasteiger partial charge in [-0.2, -0.15) is 74.6 Å². The zero-order chi connectivity index (χ0) is 33.3. The predicted octanol–water partition coefficient (Wildman–Crippen LogP) is 7.70. The van der Waals surface area contributed by atoms with E-state index in [1.807, 2.05) is 0 Å². The summed E-state index contributed by atoms with van der Waals surface area (Å²) in [5, 5.41) is 16.5. The van der Waals surface area contributed by atoms with Crippen molar-refractivity contribution < 1.29 is 94.4 Å². The maximum absolute atomic E-state index is 14.0. The minimum absolute atomic E-state index is 0.264. The first-order valence-corrected chi connectivity index (χ1v) is 9.78. The first-order chi connectivity index (χ1) is 17.2. The minimum Gasteiger partial charge on any atom is -0.478 e. The highest BCUT2D eigenvalue weighted by molar-refractivity contribution is 5.86. The van der Waals surface area contributed by atoms with E-state index in [4.69, 9.17) is 10.2 Å². The summed E-state index contributed by atoms with van der Waals surface area (Å²) in [6.45, 7) is 7.65. The predicted molar refractivity (Wildman–Crippen MR) is 98.3 cm³/mol. The van der Waals surface area contributed by atoms with Crippen molar-refractivity contribution in [1.29, 1.82) is 0 Å². The molecule has 40 heavy (non-hydrogen) atoms. The molecule has 0 aromatic carbocycles. The Balaban J connectivity index is 0. The summed E-state index contributed by atoms with van der Waals surface area (Å²) < 4.78 is 224. The molecule has 1 atom stereocenters. The number of hydrogen-bond donors (Lipinski definition) is 2. The molecule has 0 amide bonds. The quantitative estimate of drug-likeness (QED) is 0.171. The number of alkyl halides is 17. The summed E-state index contributed by atoms with van der Waals surface area (Å²) in [7, 11) is 0. The van der Waals surface area contributed by atoms with Crippen LogP contribution in [0.1, 0.15) is 26.7 Å². The van der Waals surface area contributed by atoms with Gasteiger partial charge in [0.2, 0.25) is 0 Å². The maximum Gasteiger partial charge on any atom is 0.460 e. The van der Waals surface area contributed by atoms with Crippen molar-refractivity contribution in [3.05, 3.63) is 24.3 Å². The van der Waals surface area contributed by atoms with Crippen LogP contribution in [0, 0.1) is 5.92 Å². The summed E-state index contributed by atoms with van der Waals surface area (Å²) >= 11 is 0. The second-order valence-corrected chi connectivity index (χ2v) is 7.62. The van der Waals surface area contributed by atoms with Crippen molar-refractivity contribution in [2.45, 2.75) is 74.3 Å². The molecular formula is C19H17F17O4. The van der Waals surface area contributed by atoms with E-state index in [2.05, 4.69) is 13.2 Å². The average Bonchev–Trinajstić information content (AvgIpc) is 2.77. The lowest BCUT2D eigenvalue weighted by atomic mass is 9.81. The smallest absolute Gasteiger partial charge is 0.460 e. The van der Waals surface area contributed by atoms with Crippen LogP contribution in [0.2, 0.25) is 0 Å². The fourth-order valence-corrected chi connectivity index (χ4v) is 2.42. The van der Waals surface area contributed by atoms with Gasteiger partial charge in [-0.1, -0.05) is 27.0 Å². The molecule has 0 spiro atoms. The zero-order valence-electron chi connectivity index (χ0n) is 19.5. The molecule has 0 aliphatic rings. The molecule has 0 aliphatic heterocycles. The lowest BCUT2D eigenvalue weighted by molar-refractivity contribution is -0.463. The molecule has 21 heteroatoms. The molecule has 0 aliphatic carbocycles. The second kappa shape index (κ2) is 11.6. The standard InChI is InChI=1S/C14H9F17O2.C5H8O2/c1-3-5(4(2)6(32)33)7(15,16)8(17,18)9(19,20)10(21,22)11(23,24)12(25,26)13(27,28)14(29,30)31;1-3-4(2)5(6)7/h5H,2-3H2,1H3,(H,32,33);2-3H2,1H3,(H,6,7). The Labute approximate surface area is 212 Å². The summed E-state index contributed by atoms with van der Waals surface area (Å²) in [5.41, 5.74) is -1.82. The minimum atomic E-state index is -8.73. The first-order valence-electron chi connectivity index (χ1n) is 9.78. The van der Waals surface area contributed by atoms with E-state index in [1.54, 1.807) is 6.92 Å². The number of carboxylic acid groups (broad SMARTS) is 2. The molecule has 0 saturated carbocycles. The number of carboxylic acids is 2. The highest BCUT2D eigenvalue weighted by atomic mass is 19.4. The van der Waals surface area contributed by atoms with Crippen molar-refractivity contribution in [2.24, 2.45) is 5.92 Å². The second-order valence-electron chi connectivity index (χ2n) is 7.62. The molecule has 0 radical (unpaired) electrons. The molecule has 0 bridgehead atoms. The maximum atomic E-state index is 14.0. The van der Waals surface area contributed by atoms with E-state index in [0.29, 0.717) is 13.3 Å². The molecule has 0 fully saturated rings. The normalized spacial score (nSPS) is 15.1. The molecule has 0 heterocycles. The molecule has 0 aromatic rings. The Morgan fingerprint density at radius 2 is 0.875 bits per heavy atom. The van der Waals surface area contributed by atoms with Gasteiger partial charge in [-0.3, -0.25) is 0 Å². The number of halogens is 17. The van der Waals surface area contributed by atoms with Crippen LogP contribution in [0.25, 0.3) is 0 Å². The topological polar surface area (TPSA) is 74.6 Å². The van der Waals surface area contributed by atoms with Gasteiger partial charge in [0.05, 0.1) is 5.92 Å². The number of hydrogen-bond acceptors (Lipinski definition) is 2. The monoisotopic (exact) mass is 632 g/mol. The van der Waals surface area contributed by atoms with Gasteiger partial charge in [0.1, 0.15) is 0 Å². The molecule has 1 unspecified atom stereocenters. The SMILES string of the molecule is C=C(C(=O)O)C(CC)C(F)(F)C(F)(F)C(F)(F)C(F)(F)C(F)(F)C(F)(F)C(F)(F)C(F)(F)F.C=C(CC)C(=O)O. The van der Waals surface area contributed by atoms with Gasteiger partial charge in [-0.15, -0.1) is 0 Å². The van der Waals surface area contributed by atoms with Crippen LogP contribution in [-0.4, -0.2) is 69.8 Å². The summed E-state index contributed by atoms with van der Waals surface area (Å²) in [5.74, 6) is -64.7. The molecule has 0 saturated heterocycles. The van der Waals surface area contributed by atoms with Crippen molar-refractivity contribution in [1.82, 2.24) is 0 Å². The average molecular weight is 632 g/mol. The highest BCUT2D eigenvalue weighted by Crippen LogP contribution is 2.64. The highest BCUT2D eigenvalue weighted by Gasteiger charge is 2.95. The van der Waals surface area contributed by atoms with Crippen LogP contribution in [0.3, 0.4) is 0 Å². The third-order valence-electron chi connectivity index (χ3n) is 5.02. The van der Waals surface area contributed by atoms with E-state index in [0.717, 1.165) is 0 Å².